The first-order chi connectivity index (χ1) is 15.7. The van der Waals surface area contributed by atoms with E-state index in [1.807, 2.05) is 30.3 Å². The predicted octanol–water partition coefficient (Wildman–Crippen LogP) is 5.58. The van der Waals surface area contributed by atoms with Gasteiger partial charge in [-0.25, -0.2) is 4.98 Å². The third-order valence-corrected chi connectivity index (χ3v) is 6.33. The van der Waals surface area contributed by atoms with Gasteiger partial charge in [0, 0.05) is 42.5 Å². The number of nitrogens with zero attached hydrogens (tertiary/aromatic N) is 3. The normalized spacial score (nSPS) is 13.3. The average Bonchev–Trinajstić information content (AvgIpc) is 3.01. The lowest BCUT2D eigenvalue weighted by Gasteiger charge is -2.23. The smallest absolute Gasteiger partial charge is 0.271 e. The van der Waals surface area contributed by atoms with Crippen LogP contribution in [-0.4, -0.2) is 35.1 Å². The number of benzene rings is 2. The summed E-state index contributed by atoms with van der Waals surface area (Å²) in [6.45, 7) is 5.53. The maximum absolute atomic E-state index is 13.1. The number of carbonyl (C=O) groups excluding carboxylic acids is 1. The predicted molar refractivity (Wildman–Crippen MR) is 132 cm³/mol. The minimum atomic E-state index is -0.0707. The number of nitrogens with one attached hydrogen (secondary N) is 1. The van der Waals surface area contributed by atoms with Crippen LogP contribution in [0.3, 0.4) is 0 Å². The lowest BCUT2D eigenvalue weighted by atomic mass is 10.1. The monoisotopic (exact) mass is 450 g/mol. The SMILES string of the molecule is CCN(CCCNC(=O)c1nc(-c2ccc(Cl)cc2)n2c1CCCCC2)c1ccccc1. The maximum atomic E-state index is 13.1. The second-order valence-corrected chi connectivity index (χ2v) is 8.66. The summed E-state index contributed by atoms with van der Waals surface area (Å²) in [6, 6.07) is 18.1. The molecule has 32 heavy (non-hydrogen) atoms. The minimum absolute atomic E-state index is 0.0707. The highest BCUT2D eigenvalue weighted by Crippen LogP contribution is 2.28. The Hall–Kier alpha value is -2.79. The Balaban J connectivity index is 1.44. The van der Waals surface area contributed by atoms with Gasteiger partial charge in [-0.1, -0.05) is 36.2 Å². The molecule has 1 aliphatic rings. The molecule has 4 rings (SSSR count). The van der Waals surface area contributed by atoms with E-state index < -0.39 is 0 Å². The largest absolute Gasteiger partial charge is 0.372 e. The molecule has 1 N–H and O–H groups in total. The van der Waals surface area contributed by atoms with E-state index in [-0.39, 0.29) is 5.91 Å². The fraction of sp³-hybridized carbons (Fsp3) is 0.385. The van der Waals surface area contributed by atoms with E-state index in [0.717, 1.165) is 62.4 Å². The van der Waals surface area contributed by atoms with Crippen molar-refractivity contribution in [2.24, 2.45) is 0 Å². The van der Waals surface area contributed by atoms with Crippen molar-refractivity contribution < 1.29 is 4.79 Å². The van der Waals surface area contributed by atoms with Crippen LogP contribution in [0.15, 0.2) is 54.6 Å². The molecule has 1 amide bonds. The van der Waals surface area contributed by atoms with Gasteiger partial charge in [0.2, 0.25) is 0 Å². The fourth-order valence-corrected chi connectivity index (χ4v) is 4.51. The first-order valence-corrected chi connectivity index (χ1v) is 12.0. The molecule has 3 aromatic rings. The number of imidazole rings is 1. The molecule has 0 spiro atoms. The van der Waals surface area contributed by atoms with E-state index in [1.54, 1.807) is 0 Å². The number of aromatic nitrogens is 2. The number of hydrogen-bond acceptors (Lipinski definition) is 3. The second-order valence-electron chi connectivity index (χ2n) is 8.22. The van der Waals surface area contributed by atoms with Crippen LogP contribution in [0.25, 0.3) is 11.4 Å². The number of amides is 1. The summed E-state index contributed by atoms with van der Waals surface area (Å²) in [6.07, 6.45) is 5.15. The van der Waals surface area contributed by atoms with Gasteiger partial charge in [-0.2, -0.15) is 0 Å². The number of para-hydroxylation sites is 1. The second kappa shape index (κ2) is 10.7. The molecule has 5 nitrogen and oxygen atoms in total. The summed E-state index contributed by atoms with van der Waals surface area (Å²) in [5, 5.41) is 3.81. The summed E-state index contributed by atoms with van der Waals surface area (Å²) in [7, 11) is 0. The van der Waals surface area contributed by atoms with Gasteiger partial charge < -0.3 is 14.8 Å². The van der Waals surface area contributed by atoms with Crippen LogP contribution in [0.1, 0.15) is 48.8 Å². The lowest BCUT2D eigenvalue weighted by Crippen LogP contribution is -2.30. The highest BCUT2D eigenvalue weighted by molar-refractivity contribution is 6.30. The van der Waals surface area contributed by atoms with Crippen molar-refractivity contribution in [3.63, 3.8) is 0 Å². The molecule has 0 unspecified atom stereocenters. The van der Waals surface area contributed by atoms with E-state index >= 15 is 0 Å². The third-order valence-electron chi connectivity index (χ3n) is 6.08. The Bertz CT molecular complexity index is 1030. The first-order valence-electron chi connectivity index (χ1n) is 11.6. The van der Waals surface area contributed by atoms with Crippen LogP contribution in [-0.2, 0) is 13.0 Å². The van der Waals surface area contributed by atoms with Gasteiger partial charge in [0.1, 0.15) is 11.5 Å². The average molecular weight is 451 g/mol. The maximum Gasteiger partial charge on any atom is 0.271 e. The van der Waals surface area contributed by atoms with Crippen molar-refractivity contribution in [2.75, 3.05) is 24.5 Å². The van der Waals surface area contributed by atoms with Crippen LogP contribution in [0.2, 0.25) is 5.02 Å². The Morgan fingerprint density at radius 2 is 1.88 bits per heavy atom. The molecular formula is C26H31ClN4O. The van der Waals surface area contributed by atoms with Crippen LogP contribution in [0.5, 0.6) is 0 Å². The number of anilines is 1. The Labute approximate surface area is 195 Å². The van der Waals surface area contributed by atoms with Crippen LogP contribution < -0.4 is 10.2 Å². The summed E-state index contributed by atoms with van der Waals surface area (Å²) in [5.41, 5.74) is 3.85. The molecule has 2 heterocycles. The van der Waals surface area contributed by atoms with Crippen LogP contribution in [0, 0.1) is 0 Å². The molecule has 0 fully saturated rings. The van der Waals surface area contributed by atoms with Gasteiger partial charge in [-0.15, -0.1) is 0 Å². The molecule has 0 radical (unpaired) electrons. The summed E-state index contributed by atoms with van der Waals surface area (Å²) < 4.78 is 2.24. The standard InChI is InChI=1S/C26H31ClN4O/c1-2-30(22-10-5-3-6-11-22)18-9-17-28-26(32)24-23-12-7-4-8-19-31(23)25(29-24)20-13-15-21(27)16-14-20/h3,5-6,10-11,13-16H,2,4,7-9,12,17-19H2,1H3,(H,28,32). The molecule has 0 atom stereocenters. The Kier molecular flexibility index (Phi) is 7.48. The van der Waals surface area contributed by atoms with E-state index in [9.17, 15) is 4.79 Å². The first kappa shape index (κ1) is 22.4. The quantitative estimate of drug-likeness (QED) is 0.456. The van der Waals surface area contributed by atoms with E-state index in [2.05, 4.69) is 46.0 Å². The molecule has 2 aromatic carbocycles. The number of halogens is 1. The Morgan fingerprint density at radius 1 is 1.09 bits per heavy atom. The van der Waals surface area contributed by atoms with E-state index in [0.29, 0.717) is 17.3 Å². The van der Waals surface area contributed by atoms with Crippen molar-refractivity contribution in [3.05, 3.63) is 71.0 Å². The van der Waals surface area contributed by atoms with Gasteiger partial charge in [0.15, 0.2) is 0 Å². The molecule has 168 valence electrons. The van der Waals surface area contributed by atoms with Gasteiger partial charge in [-0.05, 0) is 69.0 Å². The molecular weight excluding hydrogens is 420 g/mol. The van der Waals surface area contributed by atoms with Gasteiger partial charge in [0.25, 0.3) is 5.91 Å². The molecule has 0 saturated carbocycles. The molecule has 0 saturated heterocycles. The highest BCUT2D eigenvalue weighted by Gasteiger charge is 2.24. The van der Waals surface area contributed by atoms with Crippen molar-refractivity contribution in [2.45, 2.75) is 45.6 Å². The molecule has 0 aliphatic carbocycles. The van der Waals surface area contributed by atoms with Crippen molar-refractivity contribution in [1.29, 1.82) is 0 Å². The van der Waals surface area contributed by atoms with Crippen molar-refractivity contribution >= 4 is 23.2 Å². The third kappa shape index (κ3) is 5.16. The molecule has 1 aliphatic heterocycles. The van der Waals surface area contributed by atoms with Crippen LogP contribution in [0.4, 0.5) is 5.69 Å². The van der Waals surface area contributed by atoms with Crippen molar-refractivity contribution in [1.82, 2.24) is 14.9 Å². The zero-order chi connectivity index (χ0) is 22.3. The van der Waals surface area contributed by atoms with E-state index in [4.69, 9.17) is 16.6 Å². The minimum Gasteiger partial charge on any atom is -0.372 e. The number of fused-ring (bicyclic) bond motifs is 1. The Morgan fingerprint density at radius 3 is 2.62 bits per heavy atom. The number of rotatable bonds is 8. The number of carbonyl (C=O) groups is 1. The van der Waals surface area contributed by atoms with E-state index in [1.165, 1.54) is 12.1 Å². The van der Waals surface area contributed by atoms with Crippen molar-refractivity contribution in [3.8, 4) is 11.4 Å². The number of hydrogen-bond donors (Lipinski definition) is 1. The van der Waals surface area contributed by atoms with Gasteiger partial charge >= 0.3 is 0 Å². The molecule has 1 aromatic heterocycles. The van der Waals surface area contributed by atoms with Gasteiger partial charge in [-0.3, -0.25) is 4.79 Å². The van der Waals surface area contributed by atoms with Crippen LogP contribution >= 0.6 is 11.6 Å². The summed E-state index contributed by atoms with van der Waals surface area (Å²) in [5.74, 6) is 0.795. The zero-order valence-corrected chi connectivity index (χ0v) is 19.4. The fourth-order valence-electron chi connectivity index (χ4n) is 4.39. The zero-order valence-electron chi connectivity index (χ0n) is 18.7. The molecule has 0 bridgehead atoms. The van der Waals surface area contributed by atoms with Gasteiger partial charge in [0.05, 0.1) is 5.69 Å². The lowest BCUT2D eigenvalue weighted by molar-refractivity contribution is 0.0947. The molecule has 6 heteroatoms. The highest BCUT2D eigenvalue weighted by atomic mass is 35.5. The topological polar surface area (TPSA) is 50.2 Å². The summed E-state index contributed by atoms with van der Waals surface area (Å²) in [4.78, 5) is 20.2. The summed E-state index contributed by atoms with van der Waals surface area (Å²) >= 11 is 6.07.